The van der Waals surface area contributed by atoms with Crippen molar-refractivity contribution in [3.05, 3.63) is 0 Å². The maximum atomic E-state index is 9.05. The summed E-state index contributed by atoms with van der Waals surface area (Å²) in [6.07, 6.45) is 19.8. The first-order valence-corrected chi connectivity index (χ1v) is 12.5. The Balaban J connectivity index is 3.65. The summed E-state index contributed by atoms with van der Waals surface area (Å²) in [5, 5.41) is 19.7. The van der Waals surface area contributed by atoms with Crippen molar-refractivity contribution >= 4 is 0 Å². The molecule has 0 heterocycles. The van der Waals surface area contributed by atoms with Crippen molar-refractivity contribution in [2.45, 2.75) is 136 Å². The van der Waals surface area contributed by atoms with E-state index < -0.39 is 0 Å². The van der Waals surface area contributed by atoms with E-state index in [4.69, 9.17) is 19.9 Å². The number of nitrogens with zero attached hydrogens (tertiary/aromatic N) is 1. The topological polar surface area (TPSA) is 62.2 Å². The lowest BCUT2D eigenvalue weighted by Crippen LogP contribution is -2.33. The number of aliphatic hydroxyl groups excluding tert-OH is 2. The van der Waals surface area contributed by atoms with Crippen LogP contribution in [0.5, 0.6) is 0 Å². The third-order valence-corrected chi connectivity index (χ3v) is 5.36. The maximum absolute atomic E-state index is 9.05. The van der Waals surface area contributed by atoms with Crippen LogP contribution >= 0.6 is 0 Å². The number of hydroxylamine groups is 2. The van der Waals surface area contributed by atoms with Gasteiger partial charge in [0.05, 0.1) is 18.8 Å². The Bertz CT molecular complexity index is 303. The number of unbranched alkanes of at least 4 members (excludes halogenated alkanes) is 13. The number of hydrogen-bond acceptors (Lipinski definition) is 5. The third kappa shape index (κ3) is 20.8. The minimum atomic E-state index is -0.0760. The Morgan fingerprint density at radius 2 is 0.931 bits per heavy atom. The van der Waals surface area contributed by atoms with E-state index in [2.05, 4.69) is 6.92 Å². The molecule has 2 unspecified atom stereocenters. The average molecular weight is 418 g/mol. The SMILES string of the molecule is CCCCCCCCCCCCCCCCN(OC(C)CCO)OC(C)CCO. The summed E-state index contributed by atoms with van der Waals surface area (Å²) >= 11 is 0. The van der Waals surface area contributed by atoms with Crippen LogP contribution in [-0.2, 0) is 9.68 Å². The molecule has 29 heavy (non-hydrogen) atoms. The van der Waals surface area contributed by atoms with Crippen LogP contribution in [0, 0.1) is 0 Å². The van der Waals surface area contributed by atoms with Crippen LogP contribution < -0.4 is 0 Å². The minimum Gasteiger partial charge on any atom is -0.396 e. The standard InChI is InChI=1S/C24H51NO4/c1-4-5-6-7-8-9-10-11-12-13-14-15-16-17-20-25(28-23(2)18-21-26)29-24(3)19-22-27/h23-24,26-27H,4-22H2,1-3H3. The zero-order valence-electron chi connectivity index (χ0n) is 19.7. The summed E-state index contributed by atoms with van der Waals surface area (Å²) in [5.74, 6) is 0. The first-order valence-electron chi connectivity index (χ1n) is 12.5. The number of rotatable bonds is 23. The lowest BCUT2D eigenvalue weighted by Gasteiger charge is -2.27. The van der Waals surface area contributed by atoms with E-state index >= 15 is 0 Å². The Morgan fingerprint density at radius 1 is 0.586 bits per heavy atom. The highest BCUT2D eigenvalue weighted by molar-refractivity contribution is 4.52. The molecule has 2 N–H and O–H groups in total. The van der Waals surface area contributed by atoms with Gasteiger partial charge in [0.15, 0.2) is 0 Å². The molecule has 5 heteroatoms. The predicted octanol–water partition coefficient (Wildman–Crippen LogP) is 6.17. The summed E-state index contributed by atoms with van der Waals surface area (Å²) in [6, 6.07) is 0. The summed E-state index contributed by atoms with van der Waals surface area (Å²) in [7, 11) is 0. The minimum absolute atomic E-state index is 0.0760. The van der Waals surface area contributed by atoms with Gasteiger partial charge in [0, 0.05) is 13.2 Å². The van der Waals surface area contributed by atoms with Gasteiger partial charge in [-0.05, 0) is 33.1 Å². The van der Waals surface area contributed by atoms with Crippen LogP contribution in [0.3, 0.4) is 0 Å². The van der Waals surface area contributed by atoms with Gasteiger partial charge in [-0.2, -0.15) is 0 Å². The van der Waals surface area contributed by atoms with Gasteiger partial charge in [-0.1, -0.05) is 95.6 Å². The summed E-state index contributed by atoms with van der Waals surface area (Å²) in [6.45, 7) is 7.10. The lowest BCUT2D eigenvalue weighted by molar-refractivity contribution is -0.399. The van der Waals surface area contributed by atoms with E-state index in [1.807, 2.05) is 13.8 Å². The van der Waals surface area contributed by atoms with Crippen molar-refractivity contribution in [2.75, 3.05) is 19.8 Å². The van der Waals surface area contributed by atoms with Gasteiger partial charge >= 0.3 is 0 Å². The lowest BCUT2D eigenvalue weighted by atomic mass is 10.0. The highest BCUT2D eigenvalue weighted by Gasteiger charge is 2.14. The first-order chi connectivity index (χ1) is 14.1. The van der Waals surface area contributed by atoms with E-state index in [1.54, 1.807) is 5.23 Å². The molecule has 176 valence electrons. The van der Waals surface area contributed by atoms with E-state index in [-0.39, 0.29) is 25.4 Å². The van der Waals surface area contributed by atoms with Gasteiger partial charge in [0.1, 0.15) is 0 Å². The number of aliphatic hydroxyl groups is 2. The molecule has 2 atom stereocenters. The van der Waals surface area contributed by atoms with Crippen LogP contribution in [-0.4, -0.2) is 47.4 Å². The normalized spacial score (nSPS) is 13.9. The highest BCUT2D eigenvalue weighted by atomic mass is 17.0. The molecule has 0 radical (unpaired) electrons. The summed E-state index contributed by atoms with van der Waals surface area (Å²) in [5.41, 5.74) is 0. The summed E-state index contributed by atoms with van der Waals surface area (Å²) < 4.78 is 0. The van der Waals surface area contributed by atoms with E-state index in [0.29, 0.717) is 12.8 Å². The van der Waals surface area contributed by atoms with Crippen LogP contribution in [0.1, 0.15) is 124 Å². The molecule has 0 fully saturated rings. The second-order valence-corrected chi connectivity index (χ2v) is 8.51. The molecular formula is C24H51NO4. The Labute approximate surface area is 181 Å². The Morgan fingerprint density at radius 3 is 1.28 bits per heavy atom. The van der Waals surface area contributed by atoms with Gasteiger partial charge in [-0.3, -0.25) is 9.68 Å². The molecule has 0 saturated heterocycles. The first kappa shape index (κ1) is 28.8. The van der Waals surface area contributed by atoms with Gasteiger partial charge < -0.3 is 10.2 Å². The van der Waals surface area contributed by atoms with Crippen molar-refractivity contribution in [3.63, 3.8) is 0 Å². The molecule has 0 aromatic heterocycles. The molecule has 0 spiro atoms. The predicted molar refractivity (Wildman–Crippen MR) is 122 cm³/mol. The van der Waals surface area contributed by atoms with Gasteiger partial charge in [-0.15, -0.1) is 0 Å². The van der Waals surface area contributed by atoms with Crippen LogP contribution in [0.25, 0.3) is 0 Å². The quantitative estimate of drug-likeness (QED) is 0.154. The largest absolute Gasteiger partial charge is 0.396 e. The van der Waals surface area contributed by atoms with E-state index in [1.165, 1.54) is 83.5 Å². The molecule has 0 aromatic rings. The van der Waals surface area contributed by atoms with Gasteiger partial charge in [0.2, 0.25) is 0 Å². The molecule has 0 rings (SSSR count). The molecular weight excluding hydrogens is 366 g/mol. The van der Waals surface area contributed by atoms with Crippen LogP contribution in [0.2, 0.25) is 0 Å². The van der Waals surface area contributed by atoms with Gasteiger partial charge in [0.25, 0.3) is 0 Å². The van der Waals surface area contributed by atoms with Crippen molar-refractivity contribution in [3.8, 4) is 0 Å². The molecule has 5 nitrogen and oxygen atoms in total. The zero-order chi connectivity index (χ0) is 21.6. The molecule has 0 aliphatic carbocycles. The molecule has 0 aliphatic heterocycles. The second-order valence-electron chi connectivity index (χ2n) is 8.51. The Kier molecular flexibility index (Phi) is 22.3. The molecule has 0 aliphatic rings. The fourth-order valence-corrected chi connectivity index (χ4v) is 3.44. The zero-order valence-corrected chi connectivity index (χ0v) is 19.7. The third-order valence-electron chi connectivity index (χ3n) is 5.36. The average Bonchev–Trinajstić information content (AvgIpc) is 2.68. The highest BCUT2D eigenvalue weighted by Crippen LogP contribution is 2.14. The smallest absolute Gasteiger partial charge is 0.0813 e. The van der Waals surface area contributed by atoms with Gasteiger partial charge in [-0.25, -0.2) is 0 Å². The molecule has 0 amide bonds. The van der Waals surface area contributed by atoms with Crippen molar-refractivity contribution < 1.29 is 19.9 Å². The summed E-state index contributed by atoms with van der Waals surface area (Å²) in [4.78, 5) is 11.6. The molecule has 0 saturated carbocycles. The monoisotopic (exact) mass is 417 g/mol. The fraction of sp³-hybridized carbons (Fsp3) is 1.00. The molecule has 0 bridgehead atoms. The van der Waals surface area contributed by atoms with E-state index in [0.717, 1.165) is 13.0 Å². The van der Waals surface area contributed by atoms with Crippen molar-refractivity contribution in [1.29, 1.82) is 0 Å². The van der Waals surface area contributed by atoms with Crippen molar-refractivity contribution in [2.24, 2.45) is 0 Å². The van der Waals surface area contributed by atoms with Crippen LogP contribution in [0.15, 0.2) is 0 Å². The Hall–Kier alpha value is -0.200. The number of hydrogen-bond donors (Lipinski definition) is 2. The fourth-order valence-electron chi connectivity index (χ4n) is 3.44. The second kappa shape index (κ2) is 22.5. The van der Waals surface area contributed by atoms with E-state index in [9.17, 15) is 0 Å². The molecule has 0 aromatic carbocycles. The van der Waals surface area contributed by atoms with Crippen LogP contribution in [0.4, 0.5) is 0 Å². The maximum Gasteiger partial charge on any atom is 0.0813 e. The van der Waals surface area contributed by atoms with Crippen molar-refractivity contribution in [1.82, 2.24) is 5.23 Å².